The van der Waals surface area contributed by atoms with Crippen molar-refractivity contribution < 1.29 is 14.3 Å². The van der Waals surface area contributed by atoms with Gasteiger partial charge in [-0.05, 0) is 49.9 Å². The largest absolute Gasteiger partial charge is 0.490 e. The molecule has 0 aromatic heterocycles. The standard InChI is InChI=1S/C19H24N2O3/c1-2-13-24-17-7-5-14(6-8-17)18(22)20-16-9-11-21(12-10-16)19(23)15-3-4-15/h2,5-8,15-16H,1,3-4,9-13H2,(H,20,22). The van der Waals surface area contributed by atoms with Gasteiger partial charge >= 0.3 is 0 Å². The molecule has 0 spiro atoms. The van der Waals surface area contributed by atoms with Gasteiger partial charge in [0.1, 0.15) is 12.4 Å². The quantitative estimate of drug-likeness (QED) is 0.816. The van der Waals surface area contributed by atoms with E-state index in [4.69, 9.17) is 4.74 Å². The summed E-state index contributed by atoms with van der Waals surface area (Å²) in [4.78, 5) is 26.3. The second-order valence-electron chi connectivity index (χ2n) is 6.47. The minimum atomic E-state index is -0.0720. The highest BCUT2D eigenvalue weighted by molar-refractivity contribution is 5.94. The zero-order chi connectivity index (χ0) is 16.9. The number of nitrogens with one attached hydrogen (secondary N) is 1. The lowest BCUT2D eigenvalue weighted by molar-refractivity contribution is -0.133. The zero-order valence-electron chi connectivity index (χ0n) is 13.9. The topological polar surface area (TPSA) is 58.6 Å². The molecular weight excluding hydrogens is 304 g/mol. The van der Waals surface area contributed by atoms with Gasteiger partial charge in [0.25, 0.3) is 5.91 Å². The van der Waals surface area contributed by atoms with Crippen LogP contribution in [0, 0.1) is 5.92 Å². The molecule has 1 aromatic carbocycles. The first-order valence-electron chi connectivity index (χ1n) is 8.61. The van der Waals surface area contributed by atoms with E-state index in [-0.39, 0.29) is 17.9 Å². The number of carbonyl (C=O) groups is 2. The summed E-state index contributed by atoms with van der Waals surface area (Å²) in [6.45, 7) is 5.54. The third-order valence-corrected chi connectivity index (χ3v) is 4.55. The summed E-state index contributed by atoms with van der Waals surface area (Å²) in [7, 11) is 0. The monoisotopic (exact) mass is 328 g/mol. The number of hydrogen-bond acceptors (Lipinski definition) is 3. The van der Waals surface area contributed by atoms with Crippen LogP contribution >= 0.6 is 0 Å². The molecule has 1 aliphatic heterocycles. The van der Waals surface area contributed by atoms with Crippen molar-refractivity contribution >= 4 is 11.8 Å². The molecule has 128 valence electrons. The molecule has 1 saturated carbocycles. The van der Waals surface area contributed by atoms with Gasteiger partial charge in [-0.2, -0.15) is 0 Å². The second kappa shape index (κ2) is 7.51. The maximum Gasteiger partial charge on any atom is 0.251 e. The van der Waals surface area contributed by atoms with Crippen molar-refractivity contribution in [2.24, 2.45) is 5.92 Å². The van der Waals surface area contributed by atoms with Crippen molar-refractivity contribution in [3.8, 4) is 5.75 Å². The Bertz CT molecular complexity index is 600. The zero-order valence-corrected chi connectivity index (χ0v) is 13.9. The van der Waals surface area contributed by atoms with Crippen LogP contribution in [-0.4, -0.2) is 42.5 Å². The van der Waals surface area contributed by atoms with Gasteiger partial charge in [-0.1, -0.05) is 12.7 Å². The molecule has 2 aliphatic rings. The van der Waals surface area contributed by atoms with E-state index >= 15 is 0 Å². The fraction of sp³-hybridized carbons (Fsp3) is 0.474. The molecular formula is C19H24N2O3. The SMILES string of the molecule is C=CCOc1ccc(C(=O)NC2CCN(C(=O)C3CC3)CC2)cc1. The van der Waals surface area contributed by atoms with Crippen molar-refractivity contribution in [1.82, 2.24) is 10.2 Å². The molecule has 5 nitrogen and oxygen atoms in total. The molecule has 0 atom stereocenters. The molecule has 3 rings (SSSR count). The summed E-state index contributed by atoms with van der Waals surface area (Å²) in [6.07, 6.45) is 5.42. The van der Waals surface area contributed by atoms with E-state index in [0.29, 0.717) is 18.1 Å². The van der Waals surface area contributed by atoms with E-state index in [9.17, 15) is 9.59 Å². The van der Waals surface area contributed by atoms with Crippen LogP contribution < -0.4 is 10.1 Å². The van der Waals surface area contributed by atoms with E-state index in [1.807, 2.05) is 4.90 Å². The Hall–Kier alpha value is -2.30. The number of benzene rings is 1. The summed E-state index contributed by atoms with van der Waals surface area (Å²) >= 11 is 0. The van der Waals surface area contributed by atoms with Crippen molar-refractivity contribution in [2.75, 3.05) is 19.7 Å². The summed E-state index contributed by atoms with van der Waals surface area (Å²) in [5.74, 6) is 1.23. The lowest BCUT2D eigenvalue weighted by Crippen LogP contribution is -2.47. The van der Waals surface area contributed by atoms with Crippen molar-refractivity contribution in [3.05, 3.63) is 42.5 Å². The maximum atomic E-state index is 12.3. The molecule has 0 radical (unpaired) electrons. The molecule has 1 aliphatic carbocycles. The summed E-state index contributed by atoms with van der Waals surface area (Å²) in [5, 5.41) is 3.07. The highest BCUT2D eigenvalue weighted by atomic mass is 16.5. The smallest absolute Gasteiger partial charge is 0.251 e. The average Bonchev–Trinajstić information content (AvgIpc) is 3.45. The number of carbonyl (C=O) groups excluding carboxylic acids is 2. The molecule has 0 bridgehead atoms. The van der Waals surface area contributed by atoms with Crippen molar-refractivity contribution in [3.63, 3.8) is 0 Å². The molecule has 0 unspecified atom stereocenters. The minimum Gasteiger partial charge on any atom is -0.490 e. The van der Waals surface area contributed by atoms with E-state index in [1.165, 1.54) is 0 Å². The average molecular weight is 328 g/mol. The highest BCUT2D eigenvalue weighted by Gasteiger charge is 2.35. The van der Waals surface area contributed by atoms with E-state index in [0.717, 1.165) is 44.5 Å². The lowest BCUT2D eigenvalue weighted by atomic mass is 10.0. The van der Waals surface area contributed by atoms with E-state index in [2.05, 4.69) is 11.9 Å². The number of piperidine rings is 1. The van der Waals surface area contributed by atoms with Crippen LogP contribution in [0.25, 0.3) is 0 Å². The third kappa shape index (κ3) is 4.16. The number of likely N-dealkylation sites (tertiary alicyclic amines) is 1. The van der Waals surface area contributed by atoms with Crippen LogP contribution in [0.3, 0.4) is 0 Å². The maximum absolute atomic E-state index is 12.3. The van der Waals surface area contributed by atoms with Crippen LogP contribution in [0.15, 0.2) is 36.9 Å². The Morgan fingerprint density at radius 2 is 1.83 bits per heavy atom. The van der Waals surface area contributed by atoms with Crippen LogP contribution in [0.2, 0.25) is 0 Å². The first-order chi connectivity index (χ1) is 11.7. The van der Waals surface area contributed by atoms with Crippen molar-refractivity contribution in [1.29, 1.82) is 0 Å². The number of rotatable bonds is 6. The van der Waals surface area contributed by atoms with Crippen LogP contribution in [0.4, 0.5) is 0 Å². The fourth-order valence-corrected chi connectivity index (χ4v) is 2.96. The van der Waals surface area contributed by atoms with E-state index in [1.54, 1.807) is 30.3 Å². The molecule has 1 N–H and O–H groups in total. The van der Waals surface area contributed by atoms with E-state index < -0.39 is 0 Å². The van der Waals surface area contributed by atoms with Gasteiger partial charge in [-0.15, -0.1) is 0 Å². The Kier molecular flexibility index (Phi) is 5.18. The minimum absolute atomic E-state index is 0.0720. The normalized spacial score (nSPS) is 18.1. The predicted octanol–water partition coefficient (Wildman–Crippen LogP) is 2.38. The molecule has 1 aromatic rings. The van der Waals surface area contributed by atoms with Gasteiger partial charge in [0.15, 0.2) is 0 Å². The van der Waals surface area contributed by atoms with Gasteiger partial charge in [0.05, 0.1) is 0 Å². The molecule has 5 heteroatoms. The van der Waals surface area contributed by atoms with Crippen LogP contribution in [0.5, 0.6) is 5.75 Å². The molecule has 1 heterocycles. The summed E-state index contributed by atoms with van der Waals surface area (Å²) in [5.41, 5.74) is 0.623. The second-order valence-corrected chi connectivity index (χ2v) is 6.47. The Morgan fingerprint density at radius 1 is 1.17 bits per heavy atom. The molecule has 24 heavy (non-hydrogen) atoms. The van der Waals surface area contributed by atoms with Gasteiger partial charge in [0, 0.05) is 30.6 Å². The number of amides is 2. The predicted molar refractivity (Wildman–Crippen MR) is 91.9 cm³/mol. The van der Waals surface area contributed by atoms with Gasteiger partial charge in [0.2, 0.25) is 5.91 Å². The Labute approximate surface area is 142 Å². The van der Waals surface area contributed by atoms with Crippen molar-refractivity contribution in [2.45, 2.75) is 31.7 Å². The van der Waals surface area contributed by atoms with Gasteiger partial charge in [-0.25, -0.2) is 0 Å². The molecule has 1 saturated heterocycles. The summed E-state index contributed by atoms with van der Waals surface area (Å²) < 4.78 is 5.41. The third-order valence-electron chi connectivity index (χ3n) is 4.55. The van der Waals surface area contributed by atoms with Crippen LogP contribution in [0.1, 0.15) is 36.0 Å². The van der Waals surface area contributed by atoms with Crippen LogP contribution in [-0.2, 0) is 4.79 Å². The number of nitrogens with zero attached hydrogens (tertiary/aromatic N) is 1. The lowest BCUT2D eigenvalue weighted by Gasteiger charge is -2.32. The van der Waals surface area contributed by atoms with Gasteiger partial charge < -0.3 is 15.0 Å². The first kappa shape index (κ1) is 16.6. The fourth-order valence-electron chi connectivity index (χ4n) is 2.96. The summed E-state index contributed by atoms with van der Waals surface area (Å²) in [6, 6.07) is 7.24. The number of hydrogen-bond donors (Lipinski definition) is 1. The Morgan fingerprint density at radius 3 is 2.42 bits per heavy atom. The molecule has 2 amide bonds. The Balaban J connectivity index is 1.46. The molecule has 2 fully saturated rings. The van der Waals surface area contributed by atoms with Gasteiger partial charge in [-0.3, -0.25) is 9.59 Å². The first-order valence-corrected chi connectivity index (χ1v) is 8.61. The highest BCUT2D eigenvalue weighted by Crippen LogP contribution is 2.31. The number of ether oxygens (including phenoxy) is 1.